The Balaban J connectivity index is 1.76. The average molecular weight is 411 g/mol. The lowest BCUT2D eigenvalue weighted by Crippen LogP contribution is -2.11. The van der Waals surface area contributed by atoms with Crippen molar-refractivity contribution in [3.8, 4) is 0 Å². The van der Waals surface area contributed by atoms with Gasteiger partial charge in [0.25, 0.3) is 0 Å². The van der Waals surface area contributed by atoms with E-state index < -0.39 is 0 Å². The fraction of sp³-hybridized carbons (Fsp3) is 0.345. The molecule has 160 valence electrons. The summed E-state index contributed by atoms with van der Waals surface area (Å²) in [6.07, 6.45) is 1.12. The highest BCUT2D eigenvalue weighted by molar-refractivity contribution is 5.76. The van der Waals surface area contributed by atoms with Crippen LogP contribution in [0.3, 0.4) is 0 Å². The minimum absolute atomic E-state index is 0.228. The summed E-state index contributed by atoms with van der Waals surface area (Å²) in [6.45, 7) is 14.3. The van der Waals surface area contributed by atoms with Crippen LogP contribution in [0.4, 0.5) is 0 Å². The molecule has 0 spiro atoms. The van der Waals surface area contributed by atoms with Crippen molar-refractivity contribution < 1.29 is 0 Å². The van der Waals surface area contributed by atoms with Crippen molar-refractivity contribution in [3.05, 3.63) is 99.9 Å². The third-order valence-electron chi connectivity index (χ3n) is 6.35. The van der Waals surface area contributed by atoms with Gasteiger partial charge in [0.1, 0.15) is 5.82 Å². The first-order valence-corrected chi connectivity index (χ1v) is 11.4. The van der Waals surface area contributed by atoms with Crippen molar-refractivity contribution >= 4 is 11.0 Å². The number of rotatable bonds is 6. The summed E-state index contributed by atoms with van der Waals surface area (Å²) in [7, 11) is 0. The van der Waals surface area contributed by atoms with E-state index in [9.17, 15) is 0 Å². The molecule has 2 nitrogen and oxygen atoms in total. The largest absolute Gasteiger partial charge is 0.323 e. The van der Waals surface area contributed by atoms with Gasteiger partial charge in [-0.25, -0.2) is 4.98 Å². The van der Waals surface area contributed by atoms with Crippen molar-refractivity contribution in [2.24, 2.45) is 5.92 Å². The maximum Gasteiger partial charge on any atom is 0.117 e. The second kappa shape index (κ2) is 8.70. The van der Waals surface area contributed by atoms with Crippen LogP contribution in [0.5, 0.6) is 0 Å². The number of nitrogens with zero attached hydrogens (tertiary/aromatic N) is 2. The van der Waals surface area contributed by atoms with Gasteiger partial charge >= 0.3 is 0 Å². The van der Waals surface area contributed by atoms with Crippen molar-refractivity contribution in [1.29, 1.82) is 0 Å². The molecule has 1 heterocycles. The average Bonchev–Trinajstić information content (AvgIpc) is 3.08. The molecule has 31 heavy (non-hydrogen) atoms. The zero-order valence-corrected chi connectivity index (χ0v) is 19.7. The van der Waals surface area contributed by atoms with E-state index in [1.54, 1.807) is 0 Å². The molecule has 0 amide bonds. The summed E-state index contributed by atoms with van der Waals surface area (Å²) in [4.78, 5) is 5.10. The standard InChI is InChI=1S/C29H34N2/c1-19(2)15-24-11-13-25(14-12-24)23(6)29-30-27-9-7-8-10-28(27)31(29)18-26-21(4)16-20(3)17-22(26)5/h7-14,16-17,19,23H,15,18H2,1-6H3/t23-/m0/s1. The molecular weight excluding hydrogens is 376 g/mol. The Hall–Kier alpha value is -2.87. The molecule has 0 bridgehead atoms. The van der Waals surface area contributed by atoms with Crippen LogP contribution in [0.25, 0.3) is 11.0 Å². The Morgan fingerprint density at radius 1 is 0.839 bits per heavy atom. The zero-order chi connectivity index (χ0) is 22.1. The topological polar surface area (TPSA) is 17.8 Å². The number of para-hydroxylation sites is 2. The number of aryl methyl sites for hydroxylation is 3. The first-order valence-electron chi connectivity index (χ1n) is 11.4. The Labute approximate surface area is 187 Å². The Morgan fingerprint density at radius 2 is 1.48 bits per heavy atom. The van der Waals surface area contributed by atoms with Gasteiger partial charge in [-0.3, -0.25) is 0 Å². The number of aromatic nitrogens is 2. The van der Waals surface area contributed by atoms with E-state index in [-0.39, 0.29) is 5.92 Å². The molecule has 0 saturated carbocycles. The van der Waals surface area contributed by atoms with Crippen LogP contribution in [0.1, 0.15) is 65.9 Å². The summed E-state index contributed by atoms with van der Waals surface area (Å²) >= 11 is 0. The van der Waals surface area contributed by atoms with Crippen molar-refractivity contribution in [1.82, 2.24) is 9.55 Å². The van der Waals surface area contributed by atoms with E-state index in [0.717, 1.165) is 24.3 Å². The van der Waals surface area contributed by atoms with Gasteiger partial charge in [0, 0.05) is 12.5 Å². The molecule has 4 aromatic rings. The Kier molecular flexibility index (Phi) is 6.00. The Morgan fingerprint density at radius 3 is 2.13 bits per heavy atom. The van der Waals surface area contributed by atoms with E-state index in [1.165, 1.54) is 38.9 Å². The minimum Gasteiger partial charge on any atom is -0.323 e. The molecule has 0 unspecified atom stereocenters. The maximum absolute atomic E-state index is 5.10. The SMILES string of the molecule is Cc1cc(C)c(Cn2c([C@@H](C)c3ccc(CC(C)C)cc3)nc3ccccc32)c(C)c1. The minimum atomic E-state index is 0.228. The van der Waals surface area contributed by atoms with Crippen LogP contribution < -0.4 is 0 Å². The molecule has 0 aliphatic rings. The molecule has 0 fully saturated rings. The summed E-state index contributed by atoms with van der Waals surface area (Å²) in [5.74, 6) is 2.04. The molecule has 0 aliphatic carbocycles. The second-order valence-corrected chi connectivity index (χ2v) is 9.48. The molecule has 0 saturated heterocycles. The first kappa shape index (κ1) is 21.4. The van der Waals surface area contributed by atoms with Crippen LogP contribution >= 0.6 is 0 Å². The monoisotopic (exact) mass is 410 g/mol. The van der Waals surface area contributed by atoms with Gasteiger partial charge in [0.2, 0.25) is 0 Å². The first-order chi connectivity index (χ1) is 14.8. The number of hydrogen-bond donors (Lipinski definition) is 0. The molecule has 1 atom stereocenters. The molecule has 0 aliphatic heterocycles. The van der Waals surface area contributed by atoms with Gasteiger partial charge in [-0.2, -0.15) is 0 Å². The molecular formula is C29H34N2. The van der Waals surface area contributed by atoms with Crippen molar-refractivity contribution in [3.63, 3.8) is 0 Å². The van der Waals surface area contributed by atoms with Gasteiger partial charge in [-0.05, 0) is 73.1 Å². The summed E-state index contributed by atoms with van der Waals surface area (Å²) in [5.41, 5.74) is 10.4. The van der Waals surface area contributed by atoms with E-state index in [4.69, 9.17) is 4.98 Å². The van der Waals surface area contributed by atoms with Crippen molar-refractivity contribution in [2.75, 3.05) is 0 Å². The third-order valence-corrected chi connectivity index (χ3v) is 6.35. The number of fused-ring (bicyclic) bond motifs is 1. The summed E-state index contributed by atoms with van der Waals surface area (Å²) in [6, 6.07) is 22.2. The van der Waals surface area contributed by atoms with Gasteiger partial charge in [-0.15, -0.1) is 0 Å². The van der Waals surface area contributed by atoms with E-state index in [1.807, 2.05) is 0 Å². The molecule has 4 rings (SSSR count). The van der Waals surface area contributed by atoms with E-state index >= 15 is 0 Å². The van der Waals surface area contributed by atoms with Crippen molar-refractivity contribution in [2.45, 2.75) is 60.4 Å². The fourth-order valence-electron chi connectivity index (χ4n) is 4.77. The third kappa shape index (κ3) is 4.44. The van der Waals surface area contributed by atoms with Crippen LogP contribution in [-0.4, -0.2) is 9.55 Å². The summed E-state index contributed by atoms with van der Waals surface area (Å²) < 4.78 is 2.42. The van der Waals surface area contributed by atoms with E-state index in [2.05, 4.69) is 107 Å². The lowest BCUT2D eigenvalue weighted by Gasteiger charge is -2.18. The summed E-state index contributed by atoms with van der Waals surface area (Å²) in [5, 5.41) is 0. The lowest BCUT2D eigenvalue weighted by molar-refractivity contribution is 0.646. The number of benzene rings is 3. The van der Waals surface area contributed by atoms with Crippen LogP contribution in [-0.2, 0) is 13.0 Å². The van der Waals surface area contributed by atoms with Gasteiger partial charge in [0.15, 0.2) is 0 Å². The highest BCUT2D eigenvalue weighted by Crippen LogP contribution is 2.30. The highest BCUT2D eigenvalue weighted by Gasteiger charge is 2.19. The number of imidazole rings is 1. The molecule has 0 radical (unpaired) electrons. The smallest absolute Gasteiger partial charge is 0.117 e. The maximum atomic E-state index is 5.10. The predicted octanol–water partition coefficient (Wildman–Crippen LogP) is 7.36. The fourth-order valence-corrected chi connectivity index (χ4v) is 4.77. The molecule has 0 N–H and O–H groups in total. The molecule has 1 aromatic heterocycles. The van der Waals surface area contributed by atoms with E-state index in [0.29, 0.717) is 5.92 Å². The predicted molar refractivity (Wildman–Crippen MR) is 132 cm³/mol. The quantitative estimate of drug-likeness (QED) is 0.325. The normalized spacial score (nSPS) is 12.6. The van der Waals surface area contributed by atoms with Crippen LogP contribution in [0, 0.1) is 26.7 Å². The van der Waals surface area contributed by atoms with Gasteiger partial charge in [0.05, 0.1) is 11.0 Å². The van der Waals surface area contributed by atoms with Gasteiger partial charge in [-0.1, -0.05) is 74.9 Å². The second-order valence-electron chi connectivity index (χ2n) is 9.48. The highest BCUT2D eigenvalue weighted by atomic mass is 15.1. The lowest BCUT2D eigenvalue weighted by atomic mass is 9.96. The Bertz CT molecular complexity index is 1170. The molecule has 3 aromatic carbocycles. The zero-order valence-electron chi connectivity index (χ0n) is 19.7. The van der Waals surface area contributed by atoms with Crippen LogP contribution in [0.15, 0.2) is 60.7 Å². The van der Waals surface area contributed by atoms with Gasteiger partial charge < -0.3 is 4.57 Å². The van der Waals surface area contributed by atoms with Crippen LogP contribution in [0.2, 0.25) is 0 Å². The number of hydrogen-bond acceptors (Lipinski definition) is 1. The molecule has 2 heteroatoms.